The molecule has 8 heteroatoms. The third-order valence-corrected chi connectivity index (χ3v) is 4.20. The van der Waals surface area contributed by atoms with Crippen molar-refractivity contribution in [2.24, 2.45) is 0 Å². The smallest absolute Gasteiger partial charge is 0.269 e. The zero-order valence-electron chi connectivity index (χ0n) is 16.9. The van der Waals surface area contributed by atoms with Gasteiger partial charge < -0.3 is 19.5 Å². The van der Waals surface area contributed by atoms with Crippen LogP contribution in [0.5, 0.6) is 17.2 Å². The molecule has 0 radical (unpaired) electrons. The van der Waals surface area contributed by atoms with Gasteiger partial charge in [0, 0.05) is 23.9 Å². The van der Waals surface area contributed by atoms with Crippen LogP contribution in [0, 0.1) is 10.1 Å². The lowest BCUT2D eigenvalue weighted by molar-refractivity contribution is -0.384. The Morgan fingerprint density at radius 3 is 2.23 bits per heavy atom. The van der Waals surface area contributed by atoms with Gasteiger partial charge in [0.05, 0.1) is 4.92 Å². The van der Waals surface area contributed by atoms with Crippen LogP contribution < -0.4 is 19.5 Å². The molecule has 0 spiro atoms. The van der Waals surface area contributed by atoms with Crippen molar-refractivity contribution in [2.45, 2.75) is 13.0 Å². The van der Waals surface area contributed by atoms with Gasteiger partial charge in [0.1, 0.15) is 30.5 Å². The fourth-order valence-corrected chi connectivity index (χ4v) is 2.65. The quantitative estimate of drug-likeness (QED) is 0.294. The van der Waals surface area contributed by atoms with E-state index in [0.717, 1.165) is 5.75 Å². The van der Waals surface area contributed by atoms with Gasteiger partial charge in [-0.1, -0.05) is 24.3 Å². The Kier molecular flexibility index (Phi) is 7.42. The molecule has 8 nitrogen and oxygen atoms in total. The number of ether oxygens (including phenoxy) is 3. The van der Waals surface area contributed by atoms with Gasteiger partial charge in [-0.05, 0) is 43.3 Å². The topological polar surface area (TPSA) is 99.9 Å². The molecule has 0 heterocycles. The number of benzene rings is 3. The lowest BCUT2D eigenvalue weighted by atomic mass is 10.2. The summed E-state index contributed by atoms with van der Waals surface area (Å²) in [5, 5.41) is 13.5. The molecule has 0 fully saturated rings. The number of nitro groups is 1. The molecule has 0 saturated heterocycles. The van der Waals surface area contributed by atoms with E-state index in [1.54, 1.807) is 31.2 Å². The summed E-state index contributed by atoms with van der Waals surface area (Å²) < 4.78 is 16.8. The SMILES string of the molecule is CC(Oc1ccc([N+](=O)[O-])cc1)C(=O)Nc1cccc(OCCOc2ccccc2)c1. The van der Waals surface area contributed by atoms with Crippen LogP contribution in [-0.2, 0) is 4.79 Å². The van der Waals surface area contributed by atoms with Crippen molar-refractivity contribution < 1.29 is 23.9 Å². The summed E-state index contributed by atoms with van der Waals surface area (Å²) in [5.41, 5.74) is 0.515. The van der Waals surface area contributed by atoms with E-state index in [2.05, 4.69) is 5.32 Å². The second-order valence-corrected chi connectivity index (χ2v) is 6.54. The summed E-state index contributed by atoms with van der Waals surface area (Å²) in [7, 11) is 0. The number of rotatable bonds is 10. The average Bonchev–Trinajstić information content (AvgIpc) is 2.78. The molecule has 160 valence electrons. The van der Waals surface area contributed by atoms with Gasteiger partial charge in [-0.25, -0.2) is 0 Å². The van der Waals surface area contributed by atoms with Gasteiger partial charge in [-0.3, -0.25) is 14.9 Å². The van der Waals surface area contributed by atoms with Gasteiger partial charge in [0.2, 0.25) is 0 Å². The maximum absolute atomic E-state index is 12.4. The first-order valence-corrected chi connectivity index (χ1v) is 9.64. The highest BCUT2D eigenvalue weighted by molar-refractivity contribution is 5.94. The molecule has 31 heavy (non-hydrogen) atoms. The Balaban J connectivity index is 1.47. The van der Waals surface area contributed by atoms with Gasteiger partial charge in [-0.15, -0.1) is 0 Å². The second kappa shape index (κ2) is 10.6. The van der Waals surface area contributed by atoms with Crippen LogP contribution in [0.2, 0.25) is 0 Å². The van der Waals surface area contributed by atoms with Crippen LogP contribution >= 0.6 is 0 Å². The Morgan fingerprint density at radius 2 is 1.55 bits per heavy atom. The molecule has 3 aromatic rings. The third-order valence-electron chi connectivity index (χ3n) is 4.20. The van der Waals surface area contributed by atoms with Crippen molar-refractivity contribution in [3.05, 3.63) is 89.0 Å². The van der Waals surface area contributed by atoms with Gasteiger partial charge in [0.25, 0.3) is 11.6 Å². The minimum absolute atomic E-state index is 0.0459. The Hall–Kier alpha value is -4.07. The third kappa shape index (κ3) is 6.74. The first-order chi connectivity index (χ1) is 15.0. The van der Waals surface area contributed by atoms with Crippen molar-refractivity contribution in [1.82, 2.24) is 0 Å². The number of nitrogens with zero attached hydrogens (tertiary/aromatic N) is 1. The molecule has 1 unspecified atom stereocenters. The standard InChI is InChI=1S/C23H22N2O6/c1-17(31-21-12-10-19(11-13-21)25(27)28)23(26)24-18-6-5-9-22(16-18)30-15-14-29-20-7-3-2-4-8-20/h2-13,16-17H,14-15H2,1H3,(H,24,26). The lowest BCUT2D eigenvalue weighted by Crippen LogP contribution is -2.30. The highest BCUT2D eigenvalue weighted by Crippen LogP contribution is 2.20. The predicted octanol–water partition coefficient (Wildman–Crippen LogP) is 4.46. The van der Waals surface area contributed by atoms with Crippen LogP contribution in [0.15, 0.2) is 78.9 Å². The first kappa shape index (κ1) is 21.6. The molecule has 0 saturated carbocycles. The van der Waals surface area contributed by atoms with Crippen molar-refractivity contribution in [1.29, 1.82) is 0 Å². The van der Waals surface area contributed by atoms with Crippen LogP contribution in [-0.4, -0.2) is 30.1 Å². The minimum atomic E-state index is -0.801. The Bertz CT molecular complexity index is 1010. The van der Waals surface area contributed by atoms with E-state index < -0.39 is 11.0 Å². The van der Waals surface area contributed by atoms with Crippen LogP contribution in [0.3, 0.4) is 0 Å². The van der Waals surface area contributed by atoms with Crippen LogP contribution in [0.25, 0.3) is 0 Å². The van der Waals surface area contributed by atoms with Gasteiger partial charge >= 0.3 is 0 Å². The maximum atomic E-state index is 12.4. The number of non-ortho nitro benzene ring substituents is 1. The number of para-hydroxylation sites is 1. The number of nitro benzene ring substituents is 1. The summed E-state index contributed by atoms with van der Waals surface area (Å²) in [6, 6.07) is 22.0. The number of hydrogen-bond acceptors (Lipinski definition) is 6. The van der Waals surface area contributed by atoms with Crippen molar-refractivity contribution >= 4 is 17.3 Å². The summed E-state index contributed by atoms with van der Waals surface area (Å²) >= 11 is 0. The summed E-state index contributed by atoms with van der Waals surface area (Å²) in [6.45, 7) is 2.34. The van der Waals surface area contributed by atoms with Crippen molar-refractivity contribution in [2.75, 3.05) is 18.5 Å². The second-order valence-electron chi connectivity index (χ2n) is 6.54. The fraction of sp³-hybridized carbons (Fsp3) is 0.174. The molecule has 0 bridgehead atoms. The highest BCUT2D eigenvalue weighted by Gasteiger charge is 2.16. The Morgan fingerprint density at radius 1 is 0.903 bits per heavy atom. The molecule has 3 rings (SSSR count). The van der Waals surface area contributed by atoms with E-state index >= 15 is 0 Å². The van der Waals surface area contributed by atoms with Crippen LogP contribution in [0.1, 0.15) is 6.92 Å². The number of nitrogens with one attached hydrogen (secondary N) is 1. The van der Waals surface area contributed by atoms with E-state index in [1.807, 2.05) is 30.3 Å². The molecule has 3 aromatic carbocycles. The number of hydrogen-bond donors (Lipinski definition) is 1. The lowest BCUT2D eigenvalue weighted by Gasteiger charge is -2.15. The molecule has 1 atom stereocenters. The summed E-state index contributed by atoms with van der Waals surface area (Å²) in [4.78, 5) is 22.6. The normalized spacial score (nSPS) is 11.3. The number of carbonyl (C=O) groups is 1. The largest absolute Gasteiger partial charge is 0.490 e. The molecule has 1 N–H and O–H groups in total. The monoisotopic (exact) mass is 422 g/mol. The molecular formula is C23H22N2O6. The summed E-state index contributed by atoms with van der Waals surface area (Å²) in [5.74, 6) is 1.37. The first-order valence-electron chi connectivity index (χ1n) is 9.64. The fourth-order valence-electron chi connectivity index (χ4n) is 2.65. The molecule has 0 aliphatic rings. The molecule has 0 aliphatic heterocycles. The molecule has 0 aromatic heterocycles. The predicted molar refractivity (Wildman–Crippen MR) is 116 cm³/mol. The van der Waals surface area contributed by atoms with Crippen molar-refractivity contribution in [3.8, 4) is 17.2 Å². The molecule has 0 aliphatic carbocycles. The summed E-state index contributed by atoms with van der Waals surface area (Å²) in [6.07, 6.45) is -0.801. The maximum Gasteiger partial charge on any atom is 0.269 e. The average molecular weight is 422 g/mol. The van der Waals surface area contributed by atoms with E-state index in [-0.39, 0.29) is 11.6 Å². The van der Waals surface area contributed by atoms with E-state index in [9.17, 15) is 14.9 Å². The zero-order valence-corrected chi connectivity index (χ0v) is 16.9. The number of anilines is 1. The van der Waals surface area contributed by atoms with E-state index in [0.29, 0.717) is 30.4 Å². The van der Waals surface area contributed by atoms with Crippen molar-refractivity contribution in [3.63, 3.8) is 0 Å². The molecular weight excluding hydrogens is 400 g/mol. The zero-order chi connectivity index (χ0) is 22.1. The van der Waals surface area contributed by atoms with E-state index in [1.165, 1.54) is 24.3 Å². The molecule has 1 amide bonds. The highest BCUT2D eigenvalue weighted by atomic mass is 16.6. The number of carbonyl (C=O) groups excluding carboxylic acids is 1. The van der Waals surface area contributed by atoms with Gasteiger partial charge in [0.15, 0.2) is 6.10 Å². The van der Waals surface area contributed by atoms with E-state index in [4.69, 9.17) is 14.2 Å². The Labute approximate surface area is 179 Å². The minimum Gasteiger partial charge on any atom is -0.490 e. The van der Waals surface area contributed by atoms with Gasteiger partial charge in [-0.2, -0.15) is 0 Å². The number of amides is 1. The van der Waals surface area contributed by atoms with Crippen LogP contribution in [0.4, 0.5) is 11.4 Å².